The molecule has 0 radical (unpaired) electrons. The van der Waals surface area contributed by atoms with Crippen molar-refractivity contribution in [1.82, 2.24) is 10.6 Å². The topological polar surface area (TPSA) is 70.6 Å². The predicted molar refractivity (Wildman–Crippen MR) is 81.2 cm³/mol. The normalized spacial score (nSPS) is 19.5. The van der Waals surface area contributed by atoms with Crippen molar-refractivity contribution >= 4 is 5.91 Å². The van der Waals surface area contributed by atoms with Gasteiger partial charge in [0.15, 0.2) is 0 Å². The van der Waals surface area contributed by atoms with Crippen molar-refractivity contribution in [2.45, 2.75) is 44.9 Å². The van der Waals surface area contributed by atoms with Crippen LogP contribution in [0.1, 0.15) is 38.4 Å². The Morgan fingerprint density at radius 1 is 1.43 bits per heavy atom. The molecule has 1 aliphatic heterocycles. The Labute approximate surface area is 125 Å². The first-order chi connectivity index (χ1) is 10.1. The average molecular weight is 292 g/mol. The predicted octanol–water partition coefficient (Wildman–Crippen LogP) is 1.38. The molecule has 1 aromatic rings. The maximum Gasteiger partial charge on any atom is 0.237 e. The van der Waals surface area contributed by atoms with E-state index in [2.05, 4.69) is 10.6 Å². The van der Waals surface area contributed by atoms with Crippen molar-refractivity contribution in [1.29, 1.82) is 0 Å². The van der Waals surface area contributed by atoms with Crippen LogP contribution in [0.4, 0.5) is 0 Å². The minimum absolute atomic E-state index is 0.0358. The summed E-state index contributed by atoms with van der Waals surface area (Å²) in [6, 6.07) is 7.20. The van der Waals surface area contributed by atoms with Gasteiger partial charge in [-0.1, -0.05) is 12.1 Å². The second-order valence-electron chi connectivity index (χ2n) is 5.65. The molecule has 0 saturated carbocycles. The number of amides is 1. The Morgan fingerprint density at radius 3 is 2.71 bits per heavy atom. The van der Waals surface area contributed by atoms with Crippen LogP contribution in [0.25, 0.3) is 0 Å². The molecule has 1 saturated heterocycles. The number of aliphatic hydroxyl groups is 1. The Morgan fingerprint density at radius 2 is 2.14 bits per heavy atom. The summed E-state index contributed by atoms with van der Waals surface area (Å²) >= 11 is 0. The van der Waals surface area contributed by atoms with Gasteiger partial charge in [0.05, 0.1) is 18.2 Å². The zero-order chi connectivity index (χ0) is 15.2. The summed E-state index contributed by atoms with van der Waals surface area (Å²) in [5.74, 6) is 0.742. The van der Waals surface area contributed by atoms with Crippen LogP contribution in [0.15, 0.2) is 24.3 Å². The highest BCUT2D eigenvalue weighted by Gasteiger charge is 2.22. The second kappa shape index (κ2) is 7.43. The van der Waals surface area contributed by atoms with Gasteiger partial charge in [-0.3, -0.25) is 4.79 Å². The third-order valence-corrected chi connectivity index (χ3v) is 3.48. The van der Waals surface area contributed by atoms with Crippen molar-refractivity contribution < 1.29 is 14.6 Å². The van der Waals surface area contributed by atoms with Crippen molar-refractivity contribution in [2.75, 3.05) is 13.1 Å². The van der Waals surface area contributed by atoms with Crippen LogP contribution in [0, 0.1) is 0 Å². The summed E-state index contributed by atoms with van der Waals surface area (Å²) in [6.45, 7) is 5.05. The highest BCUT2D eigenvalue weighted by atomic mass is 16.5. The van der Waals surface area contributed by atoms with Gasteiger partial charge in [0.2, 0.25) is 5.91 Å². The standard InChI is InChI=1S/C16H24N2O3/c1-11(2)21-13-7-5-12(6-8-13)15(19)10-18-16(20)14-4-3-9-17-14/h5-8,11,14-15,17,19H,3-4,9-10H2,1-2H3,(H,18,20). The van der Waals surface area contributed by atoms with Gasteiger partial charge in [-0.05, 0) is 50.9 Å². The van der Waals surface area contributed by atoms with E-state index in [1.54, 1.807) is 0 Å². The van der Waals surface area contributed by atoms with E-state index in [0.717, 1.165) is 30.7 Å². The zero-order valence-electron chi connectivity index (χ0n) is 12.6. The van der Waals surface area contributed by atoms with Gasteiger partial charge in [-0.25, -0.2) is 0 Å². The van der Waals surface area contributed by atoms with Crippen LogP contribution in [0.3, 0.4) is 0 Å². The molecule has 1 heterocycles. The van der Waals surface area contributed by atoms with Crippen LogP contribution in [0.2, 0.25) is 0 Å². The van der Waals surface area contributed by atoms with Gasteiger partial charge < -0.3 is 20.5 Å². The number of hydrogen-bond acceptors (Lipinski definition) is 4. The summed E-state index contributed by atoms with van der Waals surface area (Å²) in [5.41, 5.74) is 0.769. The minimum Gasteiger partial charge on any atom is -0.491 e. The number of carbonyl (C=O) groups excluding carboxylic acids is 1. The smallest absolute Gasteiger partial charge is 0.237 e. The van der Waals surface area contributed by atoms with Gasteiger partial charge in [-0.2, -0.15) is 0 Å². The van der Waals surface area contributed by atoms with Gasteiger partial charge in [0.25, 0.3) is 0 Å². The van der Waals surface area contributed by atoms with Gasteiger partial charge in [-0.15, -0.1) is 0 Å². The maximum atomic E-state index is 11.9. The number of hydrogen-bond donors (Lipinski definition) is 3. The largest absolute Gasteiger partial charge is 0.491 e. The van der Waals surface area contributed by atoms with E-state index in [1.807, 2.05) is 38.1 Å². The molecule has 1 aromatic carbocycles. The number of carbonyl (C=O) groups is 1. The molecule has 1 aliphatic rings. The third-order valence-electron chi connectivity index (χ3n) is 3.48. The van der Waals surface area contributed by atoms with E-state index in [1.165, 1.54) is 0 Å². The molecule has 2 atom stereocenters. The molecule has 0 aromatic heterocycles. The molecule has 0 aliphatic carbocycles. The number of nitrogens with one attached hydrogen (secondary N) is 2. The molecule has 1 fully saturated rings. The van der Waals surface area contributed by atoms with E-state index in [4.69, 9.17) is 4.74 Å². The first kappa shape index (κ1) is 15.8. The zero-order valence-corrected chi connectivity index (χ0v) is 12.6. The van der Waals surface area contributed by atoms with Crippen molar-refractivity contribution in [3.8, 4) is 5.75 Å². The lowest BCUT2D eigenvalue weighted by Gasteiger charge is -2.16. The molecule has 3 N–H and O–H groups in total. The molecule has 21 heavy (non-hydrogen) atoms. The van der Waals surface area contributed by atoms with Gasteiger partial charge in [0.1, 0.15) is 5.75 Å². The van der Waals surface area contributed by atoms with Crippen LogP contribution in [-0.2, 0) is 4.79 Å². The van der Waals surface area contributed by atoms with Crippen molar-refractivity contribution in [3.63, 3.8) is 0 Å². The van der Waals surface area contributed by atoms with Crippen molar-refractivity contribution in [2.24, 2.45) is 0 Å². The highest BCUT2D eigenvalue weighted by Crippen LogP contribution is 2.18. The molecular weight excluding hydrogens is 268 g/mol. The SMILES string of the molecule is CC(C)Oc1ccc(C(O)CNC(=O)C2CCCN2)cc1. The maximum absolute atomic E-state index is 11.9. The van der Waals surface area contributed by atoms with Crippen molar-refractivity contribution in [3.05, 3.63) is 29.8 Å². The molecule has 5 nitrogen and oxygen atoms in total. The molecule has 2 rings (SSSR count). The number of benzene rings is 1. The van der Waals surface area contributed by atoms with E-state index in [0.29, 0.717) is 0 Å². The number of ether oxygens (including phenoxy) is 1. The number of rotatable bonds is 6. The number of aliphatic hydroxyl groups excluding tert-OH is 1. The monoisotopic (exact) mass is 292 g/mol. The Bertz CT molecular complexity index is 453. The lowest BCUT2D eigenvalue weighted by Crippen LogP contribution is -2.41. The van der Waals surface area contributed by atoms with Crippen LogP contribution < -0.4 is 15.4 Å². The van der Waals surface area contributed by atoms with Crippen LogP contribution >= 0.6 is 0 Å². The fourth-order valence-electron chi connectivity index (χ4n) is 2.39. The second-order valence-corrected chi connectivity index (χ2v) is 5.65. The van der Waals surface area contributed by atoms with Gasteiger partial charge in [0, 0.05) is 6.54 Å². The molecule has 1 amide bonds. The molecular formula is C16H24N2O3. The Kier molecular flexibility index (Phi) is 5.59. The highest BCUT2D eigenvalue weighted by molar-refractivity contribution is 5.82. The quantitative estimate of drug-likeness (QED) is 0.741. The molecule has 0 bridgehead atoms. The lowest BCUT2D eigenvalue weighted by molar-refractivity contribution is -0.123. The van der Waals surface area contributed by atoms with Crippen LogP contribution in [0.5, 0.6) is 5.75 Å². The van der Waals surface area contributed by atoms with E-state index >= 15 is 0 Å². The minimum atomic E-state index is -0.705. The fraction of sp³-hybridized carbons (Fsp3) is 0.562. The third kappa shape index (κ3) is 4.72. The Balaban J connectivity index is 1.82. The molecule has 0 spiro atoms. The molecule has 2 unspecified atom stereocenters. The summed E-state index contributed by atoms with van der Waals surface area (Å²) in [5, 5.41) is 16.0. The van der Waals surface area contributed by atoms with E-state index in [-0.39, 0.29) is 24.6 Å². The van der Waals surface area contributed by atoms with Gasteiger partial charge >= 0.3 is 0 Å². The van der Waals surface area contributed by atoms with E-state index in [9.17, 15) is 9.90 Å². The average Bonchev–Trinajstić information content (AvgIpc) is 2.99. The first-order valence-electron chi connectivity index (χ1n) is 7.52. The summed E-state index contributed by atoms with van der Waals surface area (Å²) in [7, 11) is 0. The van der Waals surface area contributed by atoms with E-state index < -0.39 is 6.10 Å². The summed E-state index contributed by atoms with van der Waals surface area (Å²) in [4.78, 5) is 11.9. The van der Waals surface area contributed by atoms with Crippen LogP contribution in [-0.4, -0.2) is 36.2 Å². The Hall–Kier alpha value is -1.59. The summed E-state index contributed by atoms with van der Waals surface area (Å²) < 4.78 is 5.55. The first-order valence-corrected chi connectivity index (χ1v) is 7.52. The lowest BCUT2D eigenvalue weighted by atomic mass is 10.1. The fourth-order valence-corrected chi connectivity index (χ4v) is 2.39. The molecule has 5 heteroatoms. The summed E-state index contributed by atoms with van der Waals surface area (Å²) in [6.07, 6.45) is 1.31. The molecule has 116 valence electrons.